The third-order valence-corrected chi connectivity index (χ3v) is 1.15. The Kier molecular flexibility index (Phi) is 1.62. The SMILES string of the molecule is [O-][NH+]1CCCCN1. The Morgan fingerprint density at radius 1 is 1.43 bits per heavy atom. The molecule has 1 unspecified atom stereocenters. The zero-order valence-corrected chi connectivity index (χ0v) is 4.24. The van der Waals surface area contributed by atoms with Crippen LogP contribution in [0.3, 0.4) is 0 Å². The fourth-order valence-corrected chi connectivity index (χ4v) is 0.727. The summed E-state index contributed by atoms with van der Waals surface area (Å²) in [5.74, 6) is 0. The summed E-state index contributed by atoms with van der Waals surface area (Å²) in [5.41, 5.74) is 2.74. The van der Waals surface area contributed by atoms with Gasteiger partial charge in [-0.2, -0.15) is 5.43 Å². The third-order valence-electron chi connectivity index (χ3n) is 1.15. The first kappa shape index (κ1) is 5.03. The summed E-state index contributed by atoms with van der Waals surface area (Å²) in [6.07, 6.45) is 2.23. The van der Waals surface area contributed by atoms with E-state index in [1.54, 1.807) is 0 Å². The van der Waals surface area contributed by atoms with Crippen LogP contribution in [0.1, 0.15) is 12.8 Å². The molecule has 1 heterocycles. The number of rotatable bonds is 0. The predicted molar refractivity (Wildman–Crippen MR) is 26.4 cm³/mol. The minimum absolute atomic E-state index is 0.214. The quantitative estimate of drug-likeness (QED) is 0.372. The number of hydrogen-bond acceptors (Lipinski definition) is 2. The van der Waals surface area contributed by atoms with Crippen LogP contribution in [0.15, 0.2) is 0 Å². The molecule has 1 aliphatic rings. The zero-order chi connectivity index (χ0) is 5.11. The van der Waals surface area contributed by atoms with Gasteiger partial charge in [0.25, 0.3) is 0 Å². The van der Waals surface area contributed by atoms with E-state index in [4.69, 9.17) is 0 Å². The molecule has 0 spiro atoms. The highest BCUT2D eigenvalue weighted by Gasteiger charge is 2.01. The lowest BCUT2D eigenvalue weighted by Gasteiger charge is -2.25. The van der Waals surface area contributed by atoms with Gasteiger partial charge in [0, 0.05) is 6.54 Å². The predicted octanol–water partition coefficient (Wildman–Crippen LogP) is -1.33. The number of nitrogens with one attached hydrogen (secondary N) is 2. The van der Waals surface area contributed by atoms with Crippen molar-refractivity contribution in [1.82, 2.24) is 5.43 Å². The molecule has 7 heavy (non-hydrogen) atoms. The topological polar surface area (TPSA) is 39.5 Å². The van der Waals surface area contributed by atoms with Crippen LogP contribution in [-0.4, -0.2) is 13.1 Å². The standard InChI is InChI=1S/C4H10N2O/c7-6-4-2-1-3-5-6/h5-6H,1-4H2. The molecular weight excluding hydrogens is 92.1 g/mol. The van der Waals surface area contributed by atoms with Gasteiger partial charge >= 0.3 is 0 Å². The summed E-state index contributed by atoms with van der Waals surface area (Å²) < 4.78 is 0. The van der Waals surface area contributed by atoms with Crippen molar-refractivity contribution in [2.24, 2.45) is 0 Å². The molecule has 0 amide bonds. The fraction of sp³-hybridized carbons (Fsp3) is 1.00. The summed E-state index contributed by atoms with van der Waals surface area (Å²) in [6.45, 7) is 1.62. The van der Waals surface area contributed by atoms with Crippen LogP contribution in [0.25, 0.3) is 0 Å². The number of quaternary nitrogens is 1. The Labute approximate surface area is 42.9 Å². The first-order valence-electron chi connectivity index (χ1n) is 2.66. The van der Waals surface area contributed by atoms with E-state index in [2.05, 4.69) is 5.43 Å². The zero-order valence-electron chi connectivity index (χ0n) is 4.24. The van der Waals surface area contributed by atoms with Gasteiger partial charge in [0.05, 0.1) is 6.54 Å². The maximum Gasteiger partial charge on any atom is 0.0944 e. The number of hydrogen-bond donors (Lipinski definition) is 2. The van der Waals surface area contributed by atoms with Crippen molar-refractivity contribution in [2.45, 2.75) is 12.8 Å². The molecule has 1 saturated heterocycles. The Balaban J connectivity index is 2.12. The molecule has 0 saturated carbocycles. The van der Waals surface area contributed by atoms with Gasteiger partial charge in [-0.1, -0.05) is 0 Å². The highest BCUT2D eigenvalue weighted by molar-refractivity contribution is 4.42. The van der Waals surface area contributed by atoms with E-state index in [0.29, 0.717) is 0 Å². The van der Waals surface area contributed by atoms with Gasteiger partial charge in [0.1, 0.15) is 0 Å². The van der Waals surface area contributed by atoms with Crippen LogP contribution in [0.4, 0.5) is 0 Å². The van der Waals surface area contributed by atoms with Crippen LogP contribution < -0.4 is 10.6 Å². The normalized spacial score (nSPS) is 33.0. The largest absolute Gasteiger partial charge is 0.613 e. The molecule has 2 N–H and O–H groups in total. The minimum atomic E-state index is 0.214. The summed E-state index contributed by atoms with van der Waals surface area (Å²) >= 11 is 0. The van der Waals surface area contributed by atoms with Crippen molar-refractivity contribution in [3.8, 4) is 0 Å². The number of hydroxylamine groups is 1. The second-order valence-corrected chi connectivity index (χ2v) is 1.81. The van der Waals surface area contributed by atoms with E-state index < -0.39 is 0 Å². The Hall–Kier alpha value is -0.120. The molecule has 0 aliphatic carbocycles. The summed E-state index contributed by atoms with van der Waals surface area (Å²) in [4.78, 5) is 0. The minimum Gasteiger partial charge on any atom is -0.613 e. The van der Waals surface area contributed by atoms with E-state index in [-0.39, 0.29) is 5.17 Å². The average molecular weight is 102 g/mol. The second kappa shape index (κ2) is 2.26. The van der Waals surface area contributed by atoms with Crippen molar-refractivity contribution in [3.05, 3.63) is 5.21 Å². The summed E-state index contributed by atoms with van der Waals surface area (Å²) in [7, 11) is 0. The molecule has 1 fully saturated rings. The van der Waals surface area contributed by atoms with Crippen molar-refractivity contribution < 1.29 is 5.17 Å². The molecule has 0 bridgehead atoms. The van der Waals surface area contributed by atoms with Gasteiger partial charge in [0.15, 0.2) is 0 Å². The van der Waals surface area contributed by atoms with Crippen molar-refractivity contribution in [1.29, 1.82) is 0 Å². The van der Waals surface area contributed by atoms with E-state index in [1.807, 2.05) is 0 Å². The van der Waals surface area contributed by atoms with E-state index in [1.165, 1.54) is 0 Å². The average Bonchev–Trinajstić information content (AvgIpc) is 1.69. The molecule has 0 radical (unpaired) electrons. The molecule has 0 aromatic heterocycles. The summed E-state index contributed by atoms with van der Waals surface area (Å²) in [5, 5.41) is 10.6. The smallest absolute Gasteiger partial charge is 0.0944 e. The fourth-order valence-electron chi connectivity index (χ4n) is 0.727. The highest BCUT2D eigenvalue weighted by atomic mass is 16.5. The second-order valence-electron chi connectivity index (χ2n) is 1.81. The lowest BCUT2D eigenvalue weighted by atomic mass is 10.3. The van der Waals surface area contributed by atoms with E-state index in [9.17, 15) is 5.21 Å². The maximum atomic E-state index is 10.4. The first-order chi connectivity index (χ1) is 3.39. The Morgan fingerprint density at radius 3 is 2.57 bits per heavy atom. The molecule has 42 valence electrons. The lowest BCUT2D eigenvalue weighted by molar-refractivity contribution is -0.901. The van der Waals surface area contributed by atoms with Crippen molar-refractivity contribution in [3.63, 3.8) is 0 Å². The Morgan fingerprint density at radius 2 is 2.29 bits per heavy atom. The van der Waals surface area contributed by atoms with Gasteiger partial charge in [-0.05, 0) is 12.8 Å². The molecule has 1 aliphatic heterocycles. The summed E-state index contributed by atoms with van der Waals surface area (Å²) in [6, 6.07) is 0. The van der Waals surface area contributed by atoms with Crippen LogP contribution in [0, 0.1) is 5.21 Å². The van der Waals surface area contributed by atoms with E-state index >= 15 is 0 Å². The molecule has 3 heteroatoms. The van der Waals surface area contributed by atoms with Gasteiger partial charge < -0.3 is 5.21 Å². The first-order valence-corrected chi connectivity index (χ1v) is 2.66. The molecule has 0 aromatic carbocycles. The van der Waals surface area contributed by atoms with Crippen LogP contribution in [0.5, 0.6) is 0 Å². The van der Waals surface area contributed by atoms with E-state index in [0.717, 1.165) is 25.9 Å². The van der Waals surface area contributed by atoms with Crippen LogP contribution >= 0.6 is 0 Å². The molecule has 1 atom stereocenters. The molecule has 1 rings (SSSR count). The van der Waals surface area contributed by atoms with Crippen LogP contribution in [-0.2, 0) is 0 Å². The molecular formula is C4H10N2O. The monoisotopic (exact) mass is 102 g/mol. The van der Waals surface area contributed by atoms with Crippen molar-refractivity contribution >= 4 is 0 Å². The third kappa shape index (κ3) is 1.43. The molecule has 3 nitrogen and oxygen atoms in total. The van der Waals surface area contributed by atoms with Crippen molar-refractivity contribution in [2.75, 3.05) is 13.1 Å². The van der Waals surface area contributed by atoms with Gasteiger partial charge in [0.2, 0.25) is 0 Å². The highest BCUT2D eigenvalue weighted by Crippen LogP contribution is 1.82. The maximum absolute atomic E-state index is 10.4. The van der Waals surface area contributed by atoms with Gasteiger partial charge in [-0.25, -0.2) is 0 Å². The van der Waals surface area contributed by atoms with Gasteiger partial charge in [-0.15, -0.1) is 0 Å². The molecule has 0 aromatic rings. The Bertz CT molecular complexity index is 51.7. The van der Waals surface area contributed by atoms with Crippen LogP contribution in [0.2, 0.25) is 0 Å². The van der Waals surface area contributed by atoms with Gasteiger partial charge in [-0.3, -0.25) is 5.17 Å². The lowest BCUT2D eigenvalue weighted by Crippen LogP contribution is -3.15.